The normalized spacial score (nSPS) is 20.2. The van der Waals surface area contributed by atoms with Gasteiger partial charge in [-0.25, -0.2) is 0 Å². The Morgan fingerprint density at radius 2 is 2.32 bits per heavy atom. The van der Waals surface area contributed by atoms with Gasteiger partial charge in [-0.3, -0.25) is 9.69 Å². The van der Waals surface area contributed by atoms with Crippen LogP contribution in [0.3, 0.4) is 0 Å². The third kappa shape index (κ3) is 3.96. The minimum absolute atomic E-state index is 0.0443. The van der Waals surface area contributed by atoms with E-state index in [1.807, 2.05) is 25.1 Å². The molecule has 0 aromatic heterocycles. The Morgan fingerprint density at radius 1 is 1.53 bits per heavy atom. The third-order valence-corrected chi connectivity index (χ3v) is 3.64. The van der Waals surface area contributed by atoms with Gasteiger partial charge in [-0.2, -0.15) is 0 Å². The number of hydrogen-bond acceptors (Lipinski definition) is 3. The van der Waals surface area contributed by atoms with Crippen LogP contribution in [0.5, 0.6) is 0 Å². The van der Waals surface area contributed by atoms with Gasteiger partial charge in [0.1, 0.15) is 0 Å². The molecule has 0 spiro atoms. The number of likely N-dealkylation sites (tertiary alicyclic amines) is 1. The van der Waals surface area contributed by atoms with Crippen molar-refractivity contribution >= 4 is 17.3 Å². The first-order chi connectivity index (χ1) is 9.04. The van der Waals surface area contributed by atoms with Gasteiger partial charge in [0.2, 0.25) is 5.91 Å². The summed E-state index contributed by atoms with van der Waals surface area (Å²) in [5, 5.41) is 2.95. The molecule has 0 bridgehead atoms. The van der Waals surface area contributed by atoms with Crippen LogP contribution in [0.1, 0.15) is 25.3 Å². The molecule has 0 aliphatic carbocycles. The van der Waals surface area contributed by atoms with E-state index in [-0.39, 0.29) is 5.91 Å². The van der Waals surface area contributed by atoms with Gasteiger partial charge in [-0.15, -0.1) is 0 Å². The zero-order valence-electron chi connectivity index (χ0n) is 11.8. The standard InChI is InChI=1S/C15H23N3O/c1-11-4-3-7-18(9-11)10-15(19)17-14-8-13(16)6-5-12(14)2/h5-6,8,11H,3-4,7,9-10,16H2,1-2H3,(H,17,19). The third-order valence-electron chi connectivity index (χ3n) is 3.64. The van der Waals surface area contributed by atoms with E-state index in [0.717, 1.165) is 24.3 Å². The molecule has 1 unspecified atom stereocenters. The lowest BCUT2D eigenvalue weighted by Gasteiger charge is -2.30. The van der Waals surface area contributed by atoms with E-state index in [2.05, 4.69) is 17.1 Å². The highest BCUT2D eigenvalue weighted by Gasteiger charge is 2.18. The molecule has 1 aromatic rings. The number of hydrogen-bond donors (Lipinski definition) is 2. The summed E-state index contributed by atoms with van der Waals surface area (Å²) in [5.74, 6) is 0.735. The Labute approximate surface area is 115 Å². The van der Waals surface area contributed by atoms with Crippen molar-refractivity contribution < 1.29 is 4.79 Å². The van der Waals surface area contributed by atoms with E-state index in [4.69, 9.17) is 5.73 Å². The summed E-state index contributed by atoms with van der Waals surface area (Å²) in [7, 11) is 0. The monoisotopic (exact) mass is 261 g/mol. The van der Waals surface area contributed by atoms with Crippen LogP contribution in [-0.2, 0) is 4.79 Å². The zero-order chi connectivity index (χ0) is 13.8. The molecule has 19 heavy (non-hydrogen) atoms. The molecule has 4 nitrogen and oxygen atoms in total. The van der Waals surface area contributed by atoms with Crippen LogP contribution in [0.2, 0.25) is 0 Å². The van der Waals surface area contributed by atoms with Crippen molar-refractivity contribution in [1.29, 1.82) is 0 Å². The average molecular weight is 261 g/mol. The van der Waals surface area contributed by atoms with E-state index in [0.29, 0.717) is 18.2 Å². The van der Waals surface area contributed by atoms with Crippen molar-refractivity contribution in [3.8, 4) is 0 Å². The Morgan fingerprint density at radius 3 is 3.05 bits per heavy atom. The average Bonchev–Trinajstić information content (AvgIpc) is 2.34. The second kappa shape index (κ2) is 6.06. The summed E-state index contributed by atoms with van der Waals surface area (Å²) in [5.41, 5.74) is 8.27. The van der Waals surface area contributed by atoms with Crippen molar-refractivity contribution in [2.75, 3.05) is 30.7 Å². The molecule has 1 amide bonds. The van der Waals surface area contributed by atoms with Gasteiger partial charge >= 0.3 is 0 Å². The second-order valence-corrected chi connectivity index (χ2v) is 5.61. The molecule has 1 aliphatic heterocycles. The van der Waals surface area contributed by atoms with Crippen molar-refractivity contribution in [2.45, 2.75) is 26.7 Å². The van der Waals surface area contributed by atoms with E-state index in [1.54, 1.807) is 0 Å². The fourth-order valence-electron chi connectivity index (χ4n) is 2.60. The fraction of sp³-hybridized carbons (Fsp3) is 0.533. The van der Waals surface area contributed by atoms with Crippen molar-refractivity contribution in [3.05, 3.63) is 23.8 Å². The number of anilines is 2. The fourth-order valence-corrected chi connectivity index (χ4v) is 2.60. The molecule has 104 valence electrons. The van der Waals surface area contributed by atoms with Crippen molar-refractivity contribution in [1.82, 2.24) is 4.90 Å². The number of carbonyl (C=O) groups is 1. The quantitative estimate of drug-likeness (QED) is 0.820. The Bertz CT molecular complexity index is 459. The maximum absolute atomic E-state index is 12.1. The Kier molecular flexibility index (Phi) is 4.43. The van der Waals surface area contributed by atoms with E-state index < -0.39 is 0 Å². The van der Waals surface area contributed by atoms with Gasteiger partial charge in [0.05, 0.1) is 6.54 Å². The molecule has 1 fully saturated rings. The van der Waals surface area contributed by atoms with Crippen LogP contribution in [0.25, 0.3) is 0 Å². The molecule has 1 aliphatic rings. The number of aryl methyl sites for hydroxylation is 1. The first-order valence-electron chi connectivity index (χ1n) is 6.93. The first kappa shape index (κ1) is 13.9. The van der Waals surface area contributed by atoms with Crippen molar-refractivity contribution in [2.24, 2.45) is 5.92 Å². The SMILES string of the molecule is Cc1ccc(N)cc1NC(=O)CN1CCCC(C)C1. The van der Waals surface area contributed by atoms with Gasteiger partial charge in [-0.05, 0) is 49.9 Å². The number of nitrogens with zero attached hydrogens (tertiary/aromatic N) is 1. The number of benzene rings is 1. The highest BCUT2D eigenvalue weighted by Crippen LogP contribution is 2.19. The van der Waals surface area contributed by atoms with Crippen LogP contribution in [0, 0.1) is 12.8 Å². The molecule has 1 heterocycles. The molecule has 2 rings (SSSR count). The number of piperidine rings is 1. The lowest BCUT2D eigenvalue weighted by molar-refractivity contribution is -0.117. The maximum Gasteiger partial charge on any atom is 0.238 e. The zero-order valence-corrected chi connectivity index (χ0v) is 11.8. The molecule has 4 heteroatoms. The smallest absolute Gasteiger partial charge is 0.238 e. The molecule has 1 atom stereocenters. The second-order valence-electron chi connectivity index (χ2n) is 5.61. The minimum atomic E-state index is 0.0443. The van der Waals surface area contributed by atoms with Crippen LogP contribution >= 0.6 is 0 Å². The van der Waals surface area contributed by atoms with Crippen LogP contribution in [0.15, 0.2) is 18.2 Å². The lowest BCUT2D eigenvalue weighted by atomic mass is 10.0. The van der Waals surface area contributed by atoms with Crippen LogP contribution < -0.4 is 11.1 Å². The number of amides is 1. The van der Waals surface area contributed by atoms with Crippen LogP contribution in [-0.4, -0.2) is 30.4 Å². The molecular formula is C15H23N3O. The van der Waals surface area contributed by atoms with E-state index in [1.165, 1.54) is 12.8 Å². The van der Waals surface area contributed by atoms with Gasteiger partial charge in [-0.1, -0.05) is 13.0 Å². The summed E-state index contributed by atoms with van der Waals surface area (Å²) in [6.07, 6.45) is 2.46. The van der Waals surface area contributed by atoms with Gasteiger partial charge in [0.15, 0.2) is 0 Å². The van der Waals surface area contributed by atoms with Gasteiger partial charge in [0, 0.05) is 17.9 Å². The molecule has 1 aromatic carbocycles. The Balaban J connectivity index is 1.92. The summed E-state index contributed by atoms with van der Waals surface area (Å²) in [6.45, 7) is 6.72. The highest BCUT2D eigenvalue weighted by molar-refractivity contribution is 5.93. The van der Waals surface area contributed by atoms with E-state index >= 15 is 0 Å². The molecule has 1 saturated heterocycles. The summed E-state index contributed by atoms with van der Waals surface area (Å²) >= 11 is 0. The van der Waals surface area contributed by atoms with E-state index in [9.17, 15) is 4.79 Å². The predicted octanol–water partition coefficient (Wildman–Crippen LogP) is 2.25. The molecular weight excluding hydrogens is 238 g/mol. The summed E-state index contributed by atoms with van der Waals surface area (Å²) in [6, 6.07) is 5.58. The number of nitrogens with two attached hydrogens (primary N) is 1. The molecule has 0 radical (unpaired) electrons. The number of rotatable bonds is 3. The molecule has 3 N–H and O–H groups in total. The van der Waals surface area contributed by atoms with Gasteiger partial charge in [0.25, 0.3) is 0 Å². The van der Waals surface area contributed by atoms with Crippen molar-refractivity contribution in [3.63, 3.8) is 0 Å². The molecule has 0 saturated carbocycles. The lowest BCUT2D eigenvalue weighted by Crippen LogP contribution is -2.39. The number of nitrogens with one attached hydrogen (secondary N) is 1. The number of nitrogen functional groups attached to an aromatic ring is 1. The van der Waals surface area contributed by atoms with Gasteiger partial charge < -0.3 is 11.1 Å². The topological polar surface area (TPSA) is 58.4 Å². The first-order valence-corrected chi connectivity index (χ1v) is 6.93. The Hall–Kier alpha value is -1.55. The predicted molar refractivity (Wildman–Crippen MR) is 79.1 cm³/mol. The maximum atomic E-state index is 12.1. The highest BCUT2D eigenvalue weighted by atomic mass is 16.2. The summed E-state index contributed by atoms with van der Waals surface area (Å²) < 4.78 is 0. The van der Waals surface area contributed by atoms with Crippen LogP contribution in [0.4, 0.5) is 11.4 Å². The number of carbonyl (C=O) groups excluding carboxylic acids is 1. The minimum Gasteiger partial charge on any atom is -0.399 e. The largest absolute Gasteiger partial charge is 0.399 e. The summed E-state index contributed by atoms with van der Waals surface area (Å²) in [4.78, 5) is 14.3.